The largest absolute Gasteiger partial charge is 0.455 e. The normalized spacial score (nSPS) is 13.5. The molecule has 67 heavy (non-hydrogen) atoms. The summed E-state index contributed by atoms with van der Waals surface area (Å²) in [6.07, 6.45) is 0. The number of hydrogen-bond donors (Lipinski definition) is 0. The summed E-state index contributed by atoms with van der Waals surface area (Å²) in [6, 6.07) is 74.3. The number of ether oxygens (including phenoxy) is 1. The third-order valence-corrected chi connectivity index (χ3v) is 14.9. The van der Waals surface area contributed by atoms with Crippen LogP contribution in [0, 0.1) is 0 Å². The van der Waals surface area contributed by atoms with E-state index < -0.39 is 0 Å². The van der Waals surface area contributed by atoms with Crippen molar-refractivity contribution in [2.75, 3.05) is 9.71 Å². The van der Waals surface area contributed by atoms with E-state index in [-0.39, 0.29) is 17.7 Å². The molecule has 12 rings (SSSR count). The van der Waals surface area contributed by atoms with Crippen LogP contribution in [-0.4, -0.2) is 6.85 Å². The molecule has 0 saturated carbocycles. The van der Waals surface area contributed by atoms with Crippen LogP contribution in [0.1, 0.15) is 52.7 Å². The summed E-state index contributed by atoms with van der Waals surface area (Å²) in [7, 11) is 0. The molecule has 9 aromatic carbocycles. The monoisotopic (exact) mass is 882 g/mol. The van der Waals surface area contributed by atoms with Crippen LogP contribution in [0.2, 0.25) is 0 Å². The summed E-state index contributed by atoms with van der Waals surface area (Å²) < 4.78 is 6.94. The Labute approximate surface area is 399 Å². The minimum absolute atomic E-state index is 0.0449. The SMILES string of the molecule is CC(C)(C)c1ccc(N2B3c4cc5c(cc4N(c4ccc(C(C)(C)C)cc4-c4ccccc4)c4cc(-c6ccccc6)cc(c43)-c3ccccc32)Sc2ccccc2O5)c(-c2ccccc2)c1. The fraction of sp³-hybridized carbons (Fsp3) is 0.129. The highest BCUT2D eigenvalue weighted by Gasteiger charge is 2.47. The number of anilines is 5. The Morgan fingerprint density at radius 3 is 1.60 bits per heavy atom. The van der Waals surface area contributed by atoms with Gasteiger partial charge in [-0.1, -0.05) is 187 Å². The third kappa shape index (κ3) is 6.98. The van der Waals surface area contributed by atoms with Crippen LogP contribution < -0.4 is 25.4 Å². The molecule has 324 valence electrons. The number of rotatable bonds is 5. The second kappa shape index (κ2) is 15.7. The topological polar surface area (TPSA) is 15.7 Å². The molecule has 5 heteroatoms. The average Bonchev–Trinajstić information content (AvgIpc) is 3.35. The lowest BCUT2D eigenvalue weighted by atomic mass is 9.43. The van der Waals surface area contributed by atoms with E-state index in [0.717, 1.165) is 38.4 Å². The van der Waals surface area contributed by atoms with Crippen molar-refractivity contribution in [3.05, 3.63) is 211 Å². The van der Waals surface area contributed by atoms with Crippen LogP contribution in [0.3, 0.4) is 0 Å². The Balaban J connectivity index is 1.22. The standard InChI is InChI=1S/C62H51BN2OS/c1-61(2,3)44-30-32-51(47(36-44)41-22-12-8-13-23-41)64-54-39-59-57(66-56-28-18-19-29-58(56)67-59)38-50(54)63-60-49(34-43(35-55(60)64)40-20-10-7-11-21-40)46-26-16-17-27-52(46)65(63)53-33-31-45(62(4,5)6)37-48(53)42-24-14-9-15-25-42/h7-39H,1-6H3. The van der Waals surface area contributed by atoms with Crippen molar-refractivity contribution < 1.29 is 4.74 Å². The molecule has 0 atom stereocenters. The maximum Gasteiger partial charge on any atom is 0.333 e. The molecule has 0 spiro atoms. The zero-order valence-corrected chi connectivity index (χ0v) is 39.7. The lowest BCUT2D eigenvalue weighted by molar-refractivity contribution is 0.455. The number of benzene rings is 9. The molecule has 3 nitrogen and oxygen atoms in total. The maximum absolute atomic E-state index is 6.94. The molecule has 0 fully saturated rings. The lowest BCUT2D eigenvalue weighted by Crippen LogP contribution is -2.61. The number of hydrogen-bond acceptors (Lipinski definition) is 4. The van der Waals surface area contributed by atoms with E-state index in [0.29, 0.717) is 0 Å². The first-order chi connectivity index (χ1) is 32.5. The summed E-state index contributed by atoms with van der Waals surface area (Å²) in [6.45, 7) is 13.6. The quantitative estimate of drug-likeness (QED) is 0.160. The minimum atomic E-state index is -0.219. The highest BCUT2D eigenvalue weighted by atomic mass is 32.2. The Morgan fingerprint density at radius 2 is 0.940 bits per heavy atom. The van der Waals surface area contributed by atoms with Gasteiger partial charge in [-0.2, -0.15) is 0 Å². The molecule has 3 heterocycles. The first kappa shape index (κ1) is 41.2. The summed E-state index contributed by atoms with van der Waals surface area (Å²) in [5, 5.41) is 0. The molecule has 0 unspecified atom stereocenters. The van der Waals surface area contributed by atoms with Crippen molar-refractivity contribution in [3.8, 4) is 56.0 Å². The first-order valence-electron chi connectivity index (χ1n) is 23.4. The van der Waals surface area contributed by atoms with Crippen molar-refractivity contribution in [1.82, 2.24) is 0 Å². The highest BCUT2D eigenvalue weighted by Crippen LogP contribution is 2.54. The van der Waals surface area contributed by atoms with Gasteiger partial charge in [-0.05, 0) is 127 Å². The van der Waals surface area contributed by atoms with Crippen LogP contribution in [0.25, 0.3) is 44.5 Å². The first-order valence-corrected chi connectivity index (χ1v) is 24.3. The molecule has 0 bridgehead atoms. The van der Waals surface area contributed by atoms with Crippen LogP contribution in [0.4, 0.5) is 28.4 Å². The van der Waals surface area contributed by atoms with Crippen molar-refractivity contribution in [1.29, 1.82) is 0 Å². The van der Waals surface area contributed by atoms with Gasteiger partial charge in [0.25, 0.3) is 0 Å². The summed E-state index contributed by atoms with van der Waals surface area (Å²) >= 11 is 1.79. The van der Waals surface area contributed by atoms with Crippen molar-refractivity contribution in [2.24, 2.45) is 0 Å². The van der Waals surface area contributed by atoms with Gasteiger partial charge >= 0.3 is 6.85 Å². The van der Waals surface area contributed by atoms with E-state index >= 15 is 0 Å². The van der Waals surface area contributed by atoms with Gasteiger partial charge < -0.3 is 14.4 Å². The van der Waals surface area contributed by atoms with Crippen molar-refractivity contribution >= 4 is 58.0 Å². The van der Waals surface area contributed by atoms with Gasteiger partial charge in [-0.25, -0.2) is 0 Å². The van der Waals surface area contributed by atoms with E-state index in [2.05, 4.69) is 251 Å². The van der Waals surface area contributed by atoms with E-state index in [4.69, 9.17) is 4.74 Å². The second-order valence-corrected chi connectivity index (χ2v) is 21.2. The highest BCUT2D eigenvalue weighted by molar-refractivity contribution is 7.99. The van der Waals surface area contributed by atoms with Crippen LogP contribution in [0.15, 0.2) is 210 Å². The van der Waals surface area contributed by atoms with Crippen LogP contribution >= 0.6 is 11.8 Å². The smallest absolute Gasteiger partial charge is 0.333 e. The summed E-state index contributed by atoms with van der Waals surface area (Å²) in [4.78, 5) is 7.44. The average molecular weight is 883 g/mol. The number of nitrogens with zero attached hydrogens (tertiary/aromatic N) is 2. The van der Waals surface area contributed by atoms with Crippen LogP contribution in [-0.2, 0) is 10.8 Å². The zero-order chi connectivity index (χ0) is 45.6. The predicted octanol–water partition coefficient (Wildman–Crippen LogP) is 16.2. The number of fused-ring (bicyclic) bond motifs is 6. The molecule has 0 aromatic heterocycles. The third-order valence-electron chi connectivity index (χ3n) is 13.8. The molecule has 9 aromatic rings. The second-order valence-electron chi connectivity index (χ2n) is 20.2. The van der Waals surface area contributed by atoms with E-state index in [1.165, 1.54) is 77.9 Å². The van der Waals surface area contributed by atoms with E-state index in [9.17, 15) is 0 Å². The molecule has 0 amide bonds. The maximum atomic E-state index is 6.94. The molecule has 0 aliphatic carbocycles. The van der Waals surface area contributed by atoms with E-state index in [1.807, 2.05) is 0 Å². The Morgan fingerprint density at radius 1 is 0.388 bits per heavy atom. The van der Waals surface area contributed by atoms with Gasteiger partial charge in [-0.15, -0.1) is 0 Å². The van der Waals surface area contributed by atoms with Crippen molar-refractivity contribution in [3.63, 3.8) is 0 Å². The predicted molar refractivity (Wildman–Crippen MR) is 285 cm³/mol. The Kier molecular flexibility index (Phi) is 9.67. The minimum Gasteiger partial charge on any atom is -0.455 e. The summed E-state index contributed by atoms with van der Waals surface area (Å²) in [5.41, 5.74) is 20.3. The van der Waals surface area contributed by atoms with Crippen molar-refractivity contribution in [2.45, 2.75) is 62.2 Å². The van der Waals surface area contributed by atoms with Gasteiger partial charge in [-0.3, -0.25) is 0 Å². The molecule has 0 saturated heterocycles. The van der Waals surface area contributed by atoms with Gasteiger partial charge in [0.15, 0.2) is 0 Å². The fourth-order valence-corrected chi connectivity index (χ4v) is 11.3. The van der Waals surface area contributed by atoms with Crippen LogP contribution in [0.5, 0.6) is 11.5 Å². The van der Waals surface area contributed by atoms with Gasteiger partial charge in [0.2, 0.25) is 0 Å². The van der Waals surface area contributed by atoms with E-state index in [1.54, 1.807) is 11.8 Å². The van der Waals surface area contributed by atoms with Gasteiger partial charge in [0.05, 0.1) is 15.5 Å². The molecule has 3 aliphatic rings. The summed E-state index contributed by atoms with van der Waals surface area (Å²) in [5.74, 6) is 1.77. The number of para-hydroxylation sites is 2. The molecule has 0 radical (unpaired) electrons. The lowest BCUT2D eigenvalue weighted by Gasteiger charge is -2.47. The van der Waals surface area contributed by atoms with Gasteiger partial charge in [0.1, 0.15) is 11.5 Å². The van der Waals surface area contributed by atoms with Gasteiger partial charge in [0, 0.05) is 39.4 Å². The Hall–Kier alpha value is -7.21. The zero-order valence-electron chi connectivity index (χ0n) is 38.8. The Bertz CT molecular complexity index is 3390. The fourth-order valence-electron chi connectivity index (χ4n) is 10.4. The molecular weight excluding hydrogens is 832 g/mol. The molecule has 0 N–H and O–H groups in total. The molecule has 3 aliphatic heterocycles. The molecular formula is C62H51BN2OS.